The van der Waals surface area contributed by atoms with Crippen LogP contribution in [0.3, 0.4) is 0 Å². The number of carbonyl (C=O) groups excluding carboxylic acids is 2. The lowest BCUT2D eigenvalue weighted by Gasteiger charge is -2.68. The summed E-state index contributed by atoms with van der Waals surface area (Å²) < 4.78 is 35.6. The maximum atomic E-state index is 12.9. The van der Waals surface area contributed by atoms with Crippen LogP contribution >= 0.6 is 11.3 Å². The highest BCUT2D eigenvalue weighted by Gasteiger charge is 2.71. The van der Waals surface area contributed by atoms with Gasteiger partial charge in [0.25, 0.3) is 11.8 Å². The standard InChI is InChI=1S/C12H9B6N5O9S2/c13-11(14,15)10(12(16,17)18)6(8(27)23(10)32-34(28,29)30)21-7(26)5(22-31-1-4(24)25)3-2-33-9(19)20-3/h2,6H,1H2,(H2,19,20)(H,21,26)(H,24,25)(H,28,29,30)/b22-5-/t6-/m1/s1. The van der Waals surface area contributed by atoms with Crippen LogP contribution in [0.15, 0.2) is 10.5 Å². The van der Waals surface area contributed by atoms with Crippen molar-refractivity contribution in [3.63, 3.8) is 0 Å². The van der Waals surface area contributed by atoms with Crippen molar-refractivity contribution in [2.24, 2.45) is 5.16 Å². The first kappa shape index (κ1) is 27.8. The molecule has 166 valence electrons. The first-order valence-electron chi connectivity index (χ1n) is 8.51. The zero-order valence-corrected chi connectivity index (χ0v) is 18.4. The van der Waals surface area contributed by atoms with Gasteiger partial charge in [0.15, 0.2) is 10.8 Å². The first-order chi connectivity index (χ1) is 15.3. The quantitative estimate of drug-likeness (QED) is 0.0797. The number of amides is 2. The van der Waals surface area contributed by atoms with Gasteiger partial charge in [-0.25, -0.2) is 9.78 Å². The number of carbonyl (C=O) groups is 3. The third-order valence-corrected chi connectivity index (χ3v) is 5.28. The summed E-state index contributed by atoms with van der Waals surface area (Å²) in [5, 5.41) is 9.55. The van der Waals surface area contributed by atoms with Gasteiger partial charge in [0.2, 0.25) is 6.61 Å². The molecule has 22 heteroatoms. The van der Waals surface area contributed by atoms with Gasteiger partial charge in [-0.05, 0) is 0 Å². The van der Waals surface area contributed by atoms with Crippen molar-refractivity contribution < 1.29 is 41.6 Å². The lowest BCUT2D eigenvalue weighted by atomic mass is 9.19. The third kappa shape index (κ3) is 5.29. The molecule has 12 radical (unpaired) electrons. The smallest absolute Gasteiger partial charge is 0.418 e. The maximum absolute atomic E-state index is 12.9. The van der Waals surface area contributed by atoms with Crippen LogP contribution < -0.4 is 11.1 Å². The molecule has 1 aliphatic rings. The van der Waals surface area contributed by atoms with Gasteiger partial charge >= 0.3 is 16.4 Å². The fraction of sp³-hybridized carbons (Fsp3) is 0.417. The normalized spacial score (nSPS) is 18.7. The fourth-order valence-corrected chi connectivity index (χ4v) is 3.98. The molecule has 1 atom stereocenters. The topological polar surface area (TPSA) is 211 Å². The fourth-order valence-electron chi connectivity index (χ4n) is 3.06. The Morgan fingerprint density at radius 2 is 1.85 bits per heavy atom. The molecule has 0 spiro atoms. The largest absolute Gasteiger partial charge is 0.479 e. The van der Waals surface area contributed by atoms with Gasteiger partial charge in [-0.1, -0.05) is 5.16 Å². The SMILES string of the molecule is [B]C([B])([B])C1(C([B])([B])[B])[C@H](NC(=O)/C(=N\OCC(=O)O)c2csc(N)n2)C(=O)N1OS(=O)(=O)O. The minimum absolute atomic E-state index is 0.0229. The number of aromatic nitrogens is 1. The van der Waals surface area contributed by atoms with Gasteiger partial charge in [0.05, 0.1) is 52.6 Å². The van der Waals surface area contributed by atoms with Crippen molar-refractivity contribution in [2.75, 3.05) is 12.3 Å². The molecule has 1 fully saturated rings. The number of anilines is 1. The van der Waals surface area contributed by atoms with Crippen LogP contribution in [0.25, 0.3) is 0 Å². The van der Waals surface area contributed by atoms with Crippen molar-refractivity contribution in [2.45, 2.75) is 21.8 Å². The van der Waals surface area contributed by atoms with Crippen LogP contribution in [0.1, 0.15) is 5.69 Å². The van der Waals surface area contributed by atoms with Crippen molar-refractivity contribution in [1.82, 2.24) is 15.4 Å². The van der Waals surface area contributed by atoms with E-state index in [9.17, 15) is 22.8 Å². The van der Waals surface area contributed by atoms with E-state index in [0.29, 0.717) is 0 Å². The Bertz CT molecular complexity index is 1120. The molecule has 0 aromatic carbocycles. The summed E-state index contributed by atoms with van der Waals surface area (Å²) in [4.78, 5) is 44.6. The second-order valence-corrected chi connectivity index (χ2v) is 8.75. The number of carboxylic acids is 1. The van der Waals surface area contributed by atoms with E-state index >= 15 is 0 Å². The van der Waals surface area contributed by atoms with E-state index in [0.717, 1.165) is 11.3 Å². The number of oxime groups is 1. The summed E-state index contributed by atoms with van der Waals surface area (Å²) in [6.45, 7) is -0.965. The van der Waals surface area contributed by atoms with Crippen LogP contribution in [0.5, 0.6) is 0 Å². The highest BCUT2D eigenvalue weighted by Crippen LogP contribution is 2.56. The second-order valence-electron chi connectivity index (χ2n) is 6.85. The number of β-lactam (4-membered cyclic amide) rings is 1. The Hall–Kier alpha value is -2.43. The molecule has 0 bridgehead atoms. The summed E-state index contributed by atoms with van der Waals surface area (Å²) in [6, 6.07) is -2.08. The number of hydrogen-bond donors (Lipinski definition) is 4. The molecule has 1 saturated heterocycles. The lowest BCUT2D eigenvalue weighted by Crippen LogP contribution is -2.87. The predicted molar refractivity (Wildman–Crippen MR) is 121 cm³/mol. The molecule has 2 amide bonds. The number of nitrogens with two attached hydrogens (primary N) is 1. The zero-order chi connectivity index (χ0) is 26.3. The van der Waals surface area contributed by atoms with E-state index in [1.54, 1.807) is 0 Å². The lowest BCUT2D eigenvalue weighted by molar-refractivity contribution is -0.226. The van der Waals surface area contributed by atoms with Gasteiger partial charge in [-0.3, -0.25) is 14.1 Å². The highest BCUT2D eigenvalue weighted by atomic mass is 32.3. The Balaban J connectivity index is 2.53. The second kappa shape index (κ2) is 9.31. The minimum Gasteiger partial charge on any atom is -0.479 e. The Morgan fingerprint density at radius 1 is 1.29 bits per heavy atom. The molecule has 14 nitrogen and oxygen atoms in total. The van der Waals surface area contributed by atoms with E-state index < -0.39 is 62.3 Å². The highest BCUT2D eigenvalue weighted by molar-refractivity contribution is 7.80. The number of carboxylic acid groups (broad SMARTS) is 1. The molecule has 1 aliphatic heterocycles. The van der Waals surface area contributed by atoms with E-state index in [1.165, 1.54) is 5.38 Å². The van der Waals surface area contributed by atoms with E-state index in [4.69, 9.17) is 62.5 Å². The summed E-state index contributed by atoms with van der Waals surface area (Å²) in [5.74, 6) is -4.16. The average Bonchev–Trinajstić information content (AvgIpc) is 3.06. The summed E-state index contributed by atoms with van der Waals surface area (Å²) in [7, 11) is 28.6. The molecule has 0 saturated carbocycles. The minimum atomic E-state index is -5.40. The molecule has 2 rings (SSSR count). The molecule has 34 heavy (non-hydrogen) atoms. The number of hydroxylamine groups is 2. The van der Waals surface area contributed by atoms with Gasteiger partial charge < -0.3 is 21.0 Å². The number of rotatable bonds is 10. The van der Waals surface area contributed by atoms with Crippen LogP contribution in [0, 0.1) is 0 Å². The van der Waals surface area contributed by atoms with Gasteiger partial charge in [0.1, 0.15) is 11.7 Å². The Kier molecular flexibility index (Phi) is 7.62. The summed E-state index contributed by atoms with van der Waals surface area (Å²) in [6.07, 6.45) is 0. The van der Waals surface area contributed by atoms with Crippen molar-refractivity contribution in [3.05, 3.63) is 11.1 Å². The molecule has 2 heterocycles. The molecule has 1 aromatic rings. The van der Waals surface area contributed by atoms with Crippen molar-refractivity contribution >= 4 is 97.4 Å². The van der Waals surface area contributed by atoms with Crippen molar-refractivity contribution in [3.8, 4) is 0 Å². The van der Waals surface area contributed by atoms with Gasteiger partial charge in [0, 0.05) is 5.38 Å². The Labute approximate surface area is 204 Å². The molecule has 0 unspecified atom stereocenters. The van der Waals surface area contributed by atoms with Gasteiger partial charge in [-0.2, -0.15) is 13.5 Å². The maximum Gasteiger partial charge on any atom is 0.418 e. The molecular formula is C12H9B6N5O9S2. The first-order valence-corrected chi connectivity index (χ1v) is 10.8. The van der Waals surface area contributed by atoms with Crippen LogP contribution in [0.2, 0.25) is 10.2 Å². The van der Waals surface area contributed by atoms with Gasteiger partial charge in [-0.15, -0.1) is 25.8 Å². The summed E-state index contributed by atoms with van der Waals surface area (Å²) in [5.41, 5.74) is 1.80. The molecule has 5 N–H and O–H groups in total. The number of nitrogens with zero attached hydrogens (tertiary/aromatic N) is 3. The van der Waals surface area contributed by atoms with E-state index in [1.807, 2.05) is 5.32 Å². The van der Waals surface area contributed by atoms with Crippen molar-refractivity contribution in [1.29, 1.82) is 0 Å². The van der Waals surface area contributed by atoms with Crippen LogP contribution in [-0.2, 0) is 33.9 Å². The van der Waals surface area contributed by atoms with Crippen LogP contribution in [0.4, 0.5) is 5.13 Å². The number of nitrogen functional groups attached to an aromatic ring is 1. The van der Waals surface area contributed by atoms with Crippen LogP contribution in [-0.4, -0.2) is 117 Å². The monoisotopic (exact) mass is 497 g/mol. The molecular weight excluding hydrogens is 487 g/mol. The average molecular weight is 496 g/mol. The number of nitrogens with one attached hydrogen (secondary N) is 1. The number of hydrogen-bond acceptors (Lipinski definition) is 11. The third-order valence-electron chi connectivity index (χ3n) is 4.27. The summed E-state index contributed by atoms with van der Waals surface area (Å²) >= 11 is 0.868. The van der Waals surface area contributed by atoms with E-state index in [2.05, 4.69) is 19.3 Å². The predicted octanol–water partition coefficient (Wildman–Crippen LogP) is -4.51. The zero-order valence-electron chi connectivity index (χ0n) is 16.8. The Morgan fingerprint density at radius 3 is 2.26 bits per heavy atom. The number of thiazole rings is 1. The molecule has 0 aliphatic carbocycles. The van der Waals surface area contributed by atoms with E-state index in [-0.39, 0.29) is 15.9 Å². The molecule has 1 aromatic heterocycles. The number of aliphatic carboxylic acids is 1.